The van der Waals surface area contributed by atoms with Gasteiger partial charge in [-0.25, -0.2) is 0 Å². The third-order valence-corrected chi connectivity index (χ3v) is 1.85. The number of benzene rings is 1. The molecule has 0 spiro atoms. The van der Waals surface area contributed by atoms with Gasteiger partial charge in [-0.05, 0) is 25.5 Å². The Hall–Kier alpha value is -1.57. The lowest BCUT2D eigenvalue weighted by molar-refractivity contribution is -0.114. The van der Waals surface area contributed by atoms with Crippen molar-refractivity contribution in [3.8, 4) is 0 Å². The standard InChI is InChI=1S/C11H13NO/c1-8-3-5-10(6-4-8)7-9(2)11(12)13/h3-7H,1-2H3,(H2,12,13). The second kappa shape index (κ2) is 3.90. The number of rotatable bonds is 2. The maximum absolute atomic E-state index is 10.7. The summed E-state index contributed by atoms with van der Waals surface area (Å²) in [5, 5.41) is 0. The van der Waals surface area contributed by atoms with Gasteiger partial charge in [-0.15, -0.1) is 0 Å². The Morgan fingerprint density at radius 2 is 1.85 bits per heavy atom. The minimum Gasteiger partial charge on any atom is -0.366 e. The van der Waals surface area contributed by atoms with Gasteiger partial charge in [0.25, 0.3) is 0 Å². The Kier molecular flexibility index (Phi) is 2.85. The molecule has 2 heteroatoms. The van der Waals surface area contributed by atoms with Crippen LogP contribution in [0.4, 0.5) is 0 Å². The van der Waals surface area contributed by atoms with E-state index in [2.05, 4.69) is 0 Å². The third-order valence-electron chi connectivity index (χ3n) is 1.85. The molecule has 1 rings (SSSR count). The SMILES string of the molecule is CC(=Cc1ccc(C)cc1)C(N)=O. The number of primary amides is 1. The largest absolute Gasteiger partial charge is 0.366 e. The van der Waals surface area contributed by atoms with E-state index in [1.165, 1.54) is 5.56 Å². The number of amides is 1. The van der Waals surface area contributed by atoms with Gasteiger partial charge in [0.2, 0.25) is 5.91 Å². The summed E-state index contributed by atoms with van der Waals surface area (Å²) in [5.41, 5.74) is 7.88. The van der Waals surface area contributed by atoms with Gasteiger partial charge in [-0.3, -0.25) is 4.79 Å². The van der Waals surface area contributed by atoms with E-state index in [-0.39, 0.29) is 5.91 Å². The first-order valence-electron chi connectivity index (χ1n) is 4.14. The highest BCUT2D eigenvalue weighted by Crippen LogP contribution is 2.07. The maximum atomic E-state index is 10.7. The second-order valence-electron chi connectivity index (χ2n) is 3.10. The van der Waals surface area contributed by atoms with Gasteiger partial charge in [-0.2, -0.15) is 0 Å². The Morgan fingerprint density at radius 1 is 1.31 bits per heavy atom. The van der Waals surface area contributed by atoms with Crippen LogP contribution in [0.3, 0.4) is 0 Å². The minimum atomic E-state index is -0.374. The van der Waals surface area contributed by atoms with E-state index in [4.69, 9.17) is 5.73 Å². The van der Waals surface area contributed by atoms with E-state index < -0.39 is 0 Å². The number of aryl methyl sites for hydroxylation is 1. The van der Waals surface area contributed by atoms with E-state index in [0.29, 0.717) is 5.57 Å². The summed E-state index contributed by atoms with van der Waals surface area (Å²) in [7, 11) is 0. The van der Waals surface area contributed by atoms with Gasteiger partial charge in [0.15, 0.2) is 0 Å². The summed E-state index contributed by atoms with van der Waals surface area (Å²) < 4.78 is 0. The zero-order valence-electron chi connectivity index (χ0n) is 7.87. The lowest BCUT2D eigenvalue weighted by Gasteiger charge is -1.96. The van der Waals surface area contributed by atoms with Gasteiger partial charge in [0.1, 0.15) is 0 Å². The molecular weight excluding hydrogens is 162 g/mol. The first-order chi connectivity index (χ1) is 6.09. The average Bonchev–Trinajstić information content (AvgIpc) is 2.08. The van der Waals surface area contributed by atoms with Gasteiger partial charge in [0, 0.05) is 5.57 Å². The number of carbonyl (C=O) groups is 1. The number of hydrogen-bond acceptors (Lipinski definition) is 1. The zero-order valence-corrected chi connectivity index (χ0v) is 7.87. The second-order valence-corrected chi connectivity index (χ2v) is 3.10. The number of hydrogen-bond donors (Lipinski definition) is 1. The topological polar surface area (TPSA) is 43.1 Å². The number of carbonyl (C=O) groups excluding carboxylic acids is 1. The Morgan fingerprint density at radius 3 is 2.31 bits per heavy atom. The van der Waals surface area contributed by atoms with Crippen molar-refractivity contribution in [2.75, 3.05) is 0 Å². The molecule has 0 saturated heterocycles. The van der Waals surface area contributed by atoms with Crippen molar-refractivity contribution < 1.29 is 4.79 Å². The molecule has 0 aliphatic heterocycles. The molecule has 1 aromatic rings. The monoisotopic (exact) mass is 175 g/mol. The Labute approximate surface area is 78.1 Å². The molecule has 68 valence electrons. The molecule has 1 amide bonds. The Bertz CT molecular complexity index is 336. The molecule has 13 heavy (non-hydrogen) atoms. The molecule has 0 aliphatic rings. The highest BCUT2D eigenvalue weighted by Gasteiger charge is 1.96. The fourth-order valence-electron chi connectivity index (χ4n) is 0.984. The van der Waals surface area contributed by atoms with Gasteiger partial charge in [-0.1, -0.05) is 29.8 Å². The van der Waals surface area contributed by atoms with Crippen LogP contribution in [0.2, 0.25) is 0 Å². The highest BCUT2D eigenvalue weighted by molar-refractivity contribution is 5.95. The van der Waals surface area contributed by atoms with Gasteiger partial charge >= 0.3 is 0 Å². The molecule has 0 bridgehead atoms. The average molecular weight is 175 g/mol. The van der Waals surface area contributed by atoms with Crippen LogP contribution in [0.15, 0.2) is 29.8 Å². The summed E-state index contributed by atoms with van der Waals surface area (Å²) in [5.74, 6) is -0.374. The molecule has 0 radical (unpaired) electrons. The summed E-state index contributed by atoms with van der Waals surface area (Å²) in [6.45, 7) is 3.73. The van der Waals surface area contributed by atoms with Crippen molar-refractivity contribution in [3.63, 3.8) is 0 Å². The predicted octanol–water partition coefficient (Wildman–Crippen LogP) is 1.88. The first kappa shape index (κ1) is 9.52. The van der Waals surface area contributed by atoms with Crippen LogP contribution in [-0.2, 0) is 4.79 Å². The highest BCUT2D eigenvalue weighted by atomic mass is 16.1. The summed E-state index contributed by atoms with van der Waals surface area (Å²) in [4.78, 5) is 10.7. The summed E-state index contributed by atoms with van der Waals surface area (Å²) in [6, 6.07) is 7.92. The molecular formula is C11H13NO. The van der Waals surface area contributed by atoms with Crippen molar-refractivity contribution >= 4 is 12.0 Å². The van der Waals surface area contributed by atoms with Crippen LogP contribution < -0.4 is 5.73 Å². The number of nitrogens with two attached hydrogens (primary N) is 1. The lowest BCUT2D eigenvalue weighted by Crippen LogP contribution is -2.11. The molecule has 1 aromatic carbocycles. The van der Waals surface area contributed by atoms with Crippen molar-refractivity contribution in [2.24, 2.45) is 5.73 Å². The summed E-state index contributed by atoms with van der Waals surface area (Å²) >= 11 is 0. The molecule has 2 N–H and O–H groups in total. The van der Waals surface area contributed by atoms with Gasteiger partial charge < -0.3 is 5.73 Å². The van der Waals surface area contributed by atoms with Crippen LogP contribution >= 0.6 is 0 Å². The summed E-state index contributed by atoms with van der Waals surface area (Å²) in [6.07, 6.45) is 1.78. The van der Waals surface area contributed by atoms with E-state index >= 15 is 0 Å². The smallest absolute Gasteiger partial charge is 0.244 e. The van der Waals surface area contributed by atoms with Crippen LogP contribution in [0, 0.1) is 6.92 Å². The van der Waals surface area contributed by atoms with E-state index in [0.717, 1.165) is 5.56 Å². The third kappa shape index (κ3) is 2.75. The van der Waals surface area contributed by atoms with Crippen molar-refractivity contribution in [2.45, 2.75) is 13.8 Å². The van der Waals surface area contributed by atoms with Crippen molar-refractivity contribution in [1.82, 2.24) is 0 Å². The first-order valence-corrected chi connectivity index (χ1v) is 4.14. The van der Waals surface area contributed by atoms with Crippen LogP contribution in [-0.4, -0.2) is 5.91 Å². The Balaban J connectivity index is 2.92. The quantitative estimate of drug-likeness (QED) is 0.685. The van der Waals surface area contributed by atoms with Crippen molar-refractivity contribution in [3.05, 3.63) is 41.0 Å². The molecule has 0 unspecified atom stereocenters. The van der Waals surface area contributed by atoms with E-state index in [9.17, 15) is 4.79 Å². The maximum Gasteiger partial charge on any atom is 0.244 e. The lowest BCUT2D eigenvalue weighted by atomic mass is 10.1. The molecule has 0 aromatic heterocycles. The fraction of sp³-hybridized carbons (Fsp3) is 0.182. The molecule has 2 nitrogen and oxygen atoms in total. The van der Waals surface area contributed by atoms with Crippen LogP contribution in [0.1, 0.15) is 18.1 Å². The van der Waals surface area contributed by atoms with Gasteiger partial charge in [0.05, 0.1) is 0 Å². The predicted molar refractivity (Wildman–Crippen MR) is 54.0 cm³/mol. The van der Waals surface area contributed by atoms with E-state index in [1.807, 2.05) is 31.2 Å². The van der Waals surface area contributed by atoms with Crippen LogP contribution in [0.25, 0.3) is 6.08 Å². The molecule has 0 saturated carbocycles. The fourth-order valence-corrected chi connectivity index (χ4v) is 0.984. The molecule has 0 aliphatic carbocycles. The van der Waals surface area contributed by atoms with E-state index in [1.54, 1.807) is 13.0 Å². The van der Waals surface area contributed by atoms with Crippen LogP contribution in [0.5, 0.6) is 0 Å². The zero-order chi connectivity index (χ0) is 9.84. The minimum absolute atomic E-state index is 0.374. The molecule has 0 atom stereocenters. The van der Waals surface area contributed by atoms with Crippen molar-refractivity contribution in [1.29, 1.82) is 0 Å². The molecule has 0 fully saturated rings. The normalized spacial score (nSPS) is 11.4. The molecule has 0 heterocycles.